The molecule has 172 valence electrons. The minimum absolute atomic E-state index is 0.00334. The van der Waals surface area contributed by atoms with Gasteiger partial charge in [0.25, 0.3) is 5.91 Å². The van der Waals surface area contributed by atoms with Crippen molar-refractivity contribution in [2.24, 2.45) is 5.92 Å². The van der Waals surface area contributed by atoms with Gasteiger partial charge in [-0.1, -0.05) is 0 Å². The number of nitrogens with zero attached hydrogens (tertiary/aromatic N) is 1. The number of ether oxygens (including phenoxy) is 4. The maximum atomic E-state index is 13.2. The van der Waals surface area contributed by atoms with E-state index in [1.165, 1.54) is 0 Å². The molecule has 0 spiro atoms. The van der Waals surface area contributed by atoms with Crippen LogP contribution in [0, 0.1) is 5.92 Å². The zero-order valence-electron chi connectivity index (χ0n) is 18.8. The zero-order valence-corrected chi connectivity index (χ0v) is 18.8. The van der Waals surface area contributed by atoms with Crippen LogP contribution < -0.4 is 14.8 Å². The summed E-state index contributed by atoms with van der Waals surface area (Å²) in [5, 5.41) is 3.32. The molecule has 0 bridgehead atoms. The lowest BCUT2D eigenvalue weighted by Crippen LogP contribution is -2.58. The van der Waals surface area contributed by atoms with Gasteiger partial charge < -0.3 is 29.2 Å². The van der Waals surface area contributed by atoms with E-state index in [1.807, 2.05) is 4.90 Å². The first-order valence-electron chi connectivity index (χ1n) is 10.9. The molecule has 31 heavy (non-hydrogen) atoms. The van der Waals surface area contributed by atoms with Gasteiger partial charge in [0.05, 0.1) is 19.8 Å². The van der Waals surface area contributed by atoms with Crippen molar-refractivity contribution in [1.82, 2.24) is 10.2 Å². The molecule has 8 nitrogen and oxygen atoms in total. The number of benzene rings is 1. The first kappa shape index (κ1) is 23.3. The second-order valence-corrected chi connectivity index (χ2v) is 8.26. The summed E-state index contributed by atoms with van der Waals surface area (Å²) in [4.78, 5) is 27.9. The Kier molecular flexibility index (Phi) is 8.15. The summed E-state index contributed by atoms with van der Waals surface area (Å²) in [6, 6.07) is 5.21. The molecule has 1 aromatic rings. The monoisotopic (exact) mass is 434 g/mol. The summed E-state index contributed by atoms with van der Waals surface area (Å²) >= 11 is 0. The van der Waals surface area contributed by atoms with E-state index in [9.17, 15) is 9.59 Å². The number of hydrogen-bond acceptors (Lipinski definition) is 6. The van der Waals surface area contributed by atoms with Crippen LogP contribution in [0.5, 0.6) is 11.5 Å². The van der Waals surface area contributed by atoms with Gasteiger partial charge in [-0.2, -0.15) is 0 Å². The zero-order chi connectivity index (χ0) is 22.3. The summed E-state index contributed by atoms with van der Waals surface area (Å²) in [7, 11) is 4.79. The molecule has 0 atom stereocenters. The Hall–Kier alpha value is -2.32. The van der Waals surface area contributed by atoms with Gasteiger partial charge in [0, 0.05) is 57.5 Å². The molecule has 0 saturated carbocycles. The van der Waals surface area contributed by atoms with E-state index in [2.05, 4.69) is 5.32 Å². The Labute approximate surface area is 184 Å². The first-order valence-corrected chi connectivity index (χ1v) is 10.9. The van der Waals surface area contributed by atoms with E-state index < -0.39 is 0 Å². The molecular formula is C23H34N2O6. The number of nitrogens with one attached hydrogen (secondary N) is 1. The highest BCUT2D eigenvalue weighted by molar-refractivity contribution is 5.97. The Morgan fingerprint density at radius 3 is 2.45 bits per heavy atom. The number of carbonyl (C=O) groups excluding carboxylic acids is 2. The minimum atomic E-state index is -0.355. The van der Waals surface area contributed by atoms with Crippen molar-refractivity contribution in [1.29, 1.82) is 0 Å². The fraction of sp³-hybridized carbons (Fsp3) is 0.652. The van der Waals surface area contributed by atoms with Crippen LogP contribution in [-0.2, 0) is 14.3 Å². The lowest BCUT2D eigenvalue weighted by molar-refractivity contribution is -0.130. The number of carbonyl (C=O) groups is 2. The molecule has 8 heteroatoms. The van der Waals surface area contributed by atoms with Crippen LogP contribution in [0.25, 0.3) is 0 Å². The molecule has 2 heterocycles. The SMILES string of the molecule is COCCC1(NC(=O)C2CCOCC2)CCN(C(=O)c2ccc(OC)cc2OC)CC1. The molecule has 2 amide bonds. The number of rotatable bonds is 8. The predicted molar refractivity (Wildman–Crippen MR) is 116 cm³/mol. The Bertz CT molecular complexity index is 754. The molecule has 1 aromatic carbocycles. The standard InChI is InChI=1S/C23H34N2O6/c1-28-15-10-23(24-21(26)17-6-13-31-14-7-17)8-11-25(12-9-23)22(27)19-5-4-18(29-2)16-20(19)30-3/h4-5,16-17H,6-15H2,1-3H3,(H,24,26). The number of amides is 2. The second kappa shape index (κ2) is 10.8. The normalized spacial score (nSPS) is 19.0. The van der Waals surface area contributed by atoms with Crippen molar-refractivity contribution in [2.45, 2.75) is 37.6 Å². The smallest absolute Gasteiger partial charge is 0.257 e. The quantitative estimate of drug-likeness (QED) is 0.676. The van der Waals surface area contributed by atoms with Crippen LogP contribution >= 0.6 is 0 Å². The molecule has 0 aromatic heterocycles. The van der Waals surface area contributed by atoms with E-state index >= 15 is 0 Å². The molecule has 0 aliphatic carbocycles. The van der Waals surface area contributed by atoms with Gasteiger partial charge in [-0.25, -0.2) is 0 Å². The molecule has 0 radical (unpaired) electrons. The highest BCUT2D eigenvalue weighted by Gasteiger charge is 2.39. The molecule has 2 aliphatic heterocycles. The molecular weight excluding hydrogens is 400 g/mol. The molecule has 2 aliphatic rings. The van der Waals surface area contributed by atoms with Crippen LogP contribution in [0.4, 0.5) is 0 Å². The summed E-state index contributed by atoms with van der Waals surface area (Å²) < 4.78 is 21.3. The van der Waals surface area contributed by atoms with E-state index in [1.54, 1.807) is 39.5 Å². The van der Waals surface area contributed by atoms with Crippen molar-refractivity contribution >= 4 is 11.8 Å². The van der Waals surface area contributed by atoms with Crippen molar-refractivity contribution in [3.8, 4) is 11.5 Å². The van der Waals surface area contributed by atoms with Gasteiger partial charge in [0.2, 0.25) is 5.91 Å². The van der Waals surface area contributed by atoms with Crippen molar-refractivity contribution in [3.05, 3.63) is 23.8 Å². The highest BCUT2D eigenvalue weighted by Crippen LogP contribution is 2.31. The Morgan fingerprint density at radius 1 is 1.13 bits per heavy atom. The summed E-state index contributed by atoms with van der Waals surface area (Å²) in [5.41, 5.74) is 0.158. The highest BCUT2D eigenvalue weighted by atomic mass is 16.5. The topological polar surface area (TPSA) is 86.3 Å². The number of hydrogen-bond donors (Lipinski definition) is 1. The third-order valence-electron chi connectivity index (χ3n) is 6.41. The fourth-order valence-corrected chi connectivity index (χ4v) is 4.34. The number of methoxy groups -OCH3 is 3. The Balaban J connectivity index is 1.67. The van der Waals surface area contributed by atoms with E-state index in [-0.39, 0.29) is 23.3 Å². The predicted octanol–water partition coefficient (Wildman–Crippen LogP) is 2.26. The van der Waals surface area contributed by atoms with Crippen LogP contribution in [0.1, 0.15) is 42.5 Å². The van der Waals surface area contributed by atoms with Crippen molar-refractivity contribution in [2.75, 3.05) is 54.2 Å². The van der Waals surface area contributed by atoms with E-state index in [0.29, 0.717) is 62.8 Å². The maximum Gasteiger partial charge on any atom is 0.257 e. The summed E-state index contributed by atoms with van der Waals surface area (Å²) in [6.07, 6.45) is 3.62. The third kappa shape index (κ3) is 5.68. The lowest BCUT2D eigenvalue weighted by Gasteiger charge is -2.43. The lowest BCUT2D eigenvalue weighted by atomic mass is 9.83. The van der Waals surface area contributed by atoms with Crippen LogP contribution in [0.15, 0.2) is 18.2 Å². The van der Waals surface area contributed by atoms with Gasteiger partial charge in [0.1, 0.15) is 11.5 Å². The van der Waals surface area contributed by atoms with Crippen LogP contribution in [0.2, 0.25) is 0 Å². The maximum absolute atomic E-state index is 13.2. The Morgan fingerprint density at radius 2 is 1.84 bits per heavy atom. The minimum Gasteiger partial charge on any atom is -0.497 e. The van der Waals surface area contributed by atoms with Crippen LogP contribution in [0.3, 0.4) is 0 Å². The number of piperidine rings is 1. The largest absolute Gasteiger partial charge is 0.497 e. The average Bonchev–Trinajstić information content (AvgIpc) is 2.83. The average molecular weight is 435 g/mol. The summed E-state index contributed by atoms with van der Waals surface area (Å²) in [6.45, 7) is 2.95. The van der Waals surface area contributed by atoms with E-state index in [4.69, 9.17) is 18.9 Å². The first-order chi connectivity index (χ1) is 15.0. The molecule has 2 saturated heterocycles. The van der Waals surface area contributed by atoms with Gasteiger partial charge in [-0.15, -0.1) is 0 Å². The summed E-state index contributed by atoms with van der Waals surface area (Å²) in [5.74, 6) is 1.15. The van der Waals surface area contributed by atoms with Gasteiger partial charge in [0.15, 0.2) is 0 Å². The molecule has 0 unspecified atom stereocenters. The molecule has 3 rings (SSSR count). The van der Waals surface area contributed by atoms with E-state index in [0.717, 1.165) is 19.3 Å². The second-order valence-electron chi connectivity index (χ2n) is 8.26. The van der Waals surface area contributed by atoms with Gasteiger partial charge in [-0.05, 0) is 44.2 Å². The van der Waals surface area contributed by atoms with Crippen LogP contribution in [-0.4, -0.2) is 76.5 Å². The van der Waals surface area contributed by atoms with Gasteiger partial charge in [-0.3, -0.25) is 9.59 Å². The number of likely N-dealkylation sites (tertiary alicyclic amines) is 1. The fourth-order valence-electron chi connectivity index (χ4n) is 4.34. The van der Waals surface area contributed by atoms with Gasteiger partial charge >= 0.3 is 0 Å². The molecule has 1 N–H and O–H groups in total. The van der Waals surface area contributed by atoms with Crippen molar-refractivity contribution < 1.29 is 28.5 Å². The van der Waals surface area contributed by atoms with Crippen molar-refractivity contribution in [3.63, 3.8) is 0 Å². The third-order valence-corrected chi connectivity index (χ3v) is 6.41. The molecule has 2 fully saturated rings.